The Hall–Kier alpha value is -1.98. The number of ether oxygens (including phenoxy) is 2. The lowest BCUT2D eigenvalue weighted by molar-refractivity contribution is -0.186. The summed E-state index contributed by atoms with van der Waals surface area (Å²) in [5.74, 6) is -0.725. The van der Waals surface area contributed by atoms with Crippen molar-refractivity contribution >= 4 is 12.0 Å². The monoisotopic (exact) mass is 274 g/mol. The van der Waals surface area contributed by atoms with Crippen LogP contribution in [0.25, 0.3) is 6.08 Å². The fraction of sp³-hybridized carbons (Fsp3) is 0.308. The molecule has 3 nitrogen and oxygen atoms in total. The van der Waals surface area contributed by atoms with Gasteiger partial charge < -0.3 is 9.47 Å². The number of hydrogen-bond donors (Lipinski definition) is 0. The largest absolute Gasteiger partial charge is 0.463 e. The highest BCUT2D eigenvalue weighted by atomic mass is 19.3. The van der Waals surface area contributed by atoms with Gasteiger partial charge in [-0.1, -0.05) is 12.1 Å². The first kappa shape index (κ1) is 15.1. The number of hydrogen-bond acceptors (Lipinski definition) is 3. The zero-order valence-electron chi connectivity index (χ0n) is 10.2. The SMILES string of the molecule is CCOC(=O)/C=C/c1cccc(OC(F)(F)CF)c1. The lowest BCUT2D eigenvalue weighted by Crippen LogP contribution is -2.26. The van der Waals surface area contributed by atoms with Crippen LogP contribution in [0.2, 0.25) is 0 Å². The van der Waals surface area contributed by atoms with E-state index in [1.54, 1.807) is 13.0 Å². The Bertz CT molecular complexity index is 458. The van der Waals surface area contributed by atoms with Gasteiger partial charge in [-0.2, -0.15) is 8.78 Å². The summed E-state index contributed by atoms with van der Waals surface area (Å²) in [4.78, 5) is 11.1. The van der Waals surface area contributed by atoms with Crippen LogP contribution in [0.1, 0.15) is 12.5 Å². The van der Waals surface area contributed by atoms with E-state index in [1.165, 1.54) is 24.3 Å². The Morgan fingerprint density at radius 3 is 2.79 bits per heavy atom. The van der Waals surface area contributed by atoms with Gasteiger partial charge in [0.25, 0.3) is 0 Å². The Labute approximate surface area is 108 Å². The van der Waals surface area contributed by atoms with Gasteiger partial charge in [0.05, 0.1) is 6.61 Å². The Morgan fingerprint density at radius 1 is 1.42 bits per heavy atom. The van der Waals surface area contributed by atoms with Crippen molar-refractivity contribution in [3.05, 3.63) is 35.9 Å². The molecule has 0 N–H and O–H groups in total. The summed E-state index contributed by atoms with van der Waals surface area (Å²) in [6.45, 7) is 0.00415. The number of carbonyl (C=O) groups excluding carboxylic acids is 1. The van der Waals surface area contributed by atoms with Crippen molar-refractivity contribution in [1.29, 1.82) is 0 Å². The highest BCUT2D eigenvalue weighted by Gasteiger charge is 2.31. The van der Waals surface area contributed by atoms with E-state index in [2.05, 4.69) is 9.47 Å². The molecular formula is C13H13F3O3. The van der Waals surface area contributed by atoms with E-state index in [-0.39, 0.29) is 12.4 Å². The molecule has 1 rings (SSSR count). The van der Waals surface area contributed by atoms with Crippen molar-refractivity contribution in [2.45, 2.75) is 13.0 Å². The summed E-state index contributed by atoms with van der Waals surface area (Å²) >= 11 is 0. The van der Waals surface area contributed by atoms with E-state index in [9.17, 15) is 18.0 Å². The number of alkyl halides is 3. The second kappa shape index (κ2) is 6.82. The third-order valence-corrected chi connectivity index (χ3v) is 1.98. The quantitative estimate of drug-likeness (QED) is 0.590. The normalized spacial score (nSPS) is 11.6. The lowest BCUT2D eigenvalue weighted by Gasteiger charge is -2.14. The molecule has 0 saturated heterocycles. The molecule has 0 heterocycles. The van der Waals surface area contributed by atoms with Crippen LogP contribution in [0, 0.1) is 0 Å². The number of halogens is 3. The maximum absolute atomic E-state index is 12.7. The van der Waals surface area contributed by atoms with Gasteiger partial charge in [-0.3, -0.25) is 0 Å². The van der Waals surface area contributed by atoms with Crippen LogP contribution >= 0.6 is 0 Å². The first-order chi connectivity index (χ1) is 8.96. The second-order valence-corrected chi connectivity index (χ2v) is 3.53. The fourth-order valence-corrected chi connectivity index (χ4v) is 1.24. The third-order valence-electron chi connectivity index (χ3n) is 1.98. The van der Waals surface area contributed by atoms with E-state index >= 15 is 0 Å². The van der Waals surface area contributed by atoms with Crippen molar-refractivity contribution in [1.82, 2.24) is 0 Å². The van der Waals surface area contributed by atoms with Gasteiger partial charge >= 0.3 is 12.1 Å². The number of benzene rings is 1. The van der Waals surface area contributed by atoms with Crippen LogP contribution in [0.15, 0.2) is 30.3 Å². The van der Waals surface area contributed by atoms with E-state index < -0.39 is 18.8 Å². The third kappa shape index (κ3) is 5.46. The van der Waals surface area contributed by atoms with Crippen LogP contribution in [0.4, 0.5) is 13.2 Å². The summed E-state index contributed by atoms with van der Waals surface area (Å²) in [5.41, 5.74) is 0.459. The molecule has 19 heavy (non-hydrogen) atoms. The standard InChI is InChI=1S/C13H13F3O3/c1-2-18-12(17)7-6-10-4-3-5-11(8-10)19-13(15,16)9-14/h3-8H,2,9H2,1H3/b7-6+. The van der Waals surface area contributed by atoms with Gasteiger partial charge in [0.1, 0.15) is 5.75 Å². The lowest BCUT2D eigenvalue weighted by atomic mass is 10.2. The number of esters is 1. The van der Waals surface area contributed by atoms with E-state index in [0.29, 0.717) is 5.56 Å². The van der Waals surface area contributed by atoms with Crippen LogP contribution in [-0.2, 0) is 9.53 Å². The van der Waals surface area contributed by atoms with Crippen molar-refractivity contribution < 1.29 is 27.4 Å². The Balaban J connectivity index is 2.75. The zero-order valence-corrected chi connectivity index (χ0v) is 10.2. The molecular weight excluding hydrogens is 261 g/mol. The molecule has 0 radical (unpaired) electrons. The zero-order chi connectivity index (χ0) is 14.3. The molecule has 0 aromatic heterocycles. The van der Waals surface area contributed by atoms with Gasteiger partial charge in [-0.05, 0) is 30.7 Å². The molecule has 0 fully saturated rings. The van der Waals surface area contributed by atoms with Gasteiger partial charge in [0, 0.05) is 6.08 Å². The maximum atomic E-state index is 12.7. The molecule has 1 aromatic rings. The van der Waals surface area contributed by atoms with Crippen molar-refractivity contribution in [2.75, 3.05) is 13.3 Å². The first-order valence-electron chi connectivity index (χ1n) is 5.54. The van der Waals surface area contributed by atoms with Crippen molar-refractivity contribution in [3.8, 4) is 5.75 Å². The highest BCUT2D eigenvalue weighted by Crippen LogP contribution is 2.23. The molecule has 6 heteroatoms. The van der Waals surface area contributed by atoms with Crippen LogP contribution in [-0.4, -0.2) is 25.4 Å². The minimum absolute atomic E-state index is 0.186. The highest BCUT2D eigenvalue weighted by molar-refractivity contribution is 5.87. The first-order valence-corrected chi connectivity index (χ1v) is 5.54. The minimum Gasteiger partial charge on any atom is -0.463 e. The molecule has 0 saturated carbocycles. The second-order valence-electron chi connectivity index (χ2n) is 3.53. The summed E-state index contributed by atoms with van der Waals surface area (Å²) in [7, 11) is 0. The van der Waals surface area contributed by atoms with Crippen LogP contribution in [0.3, 0.4) is 0 Å². The predicted octanol–water partition coefficient (Wildman–Crippen LogP) is 3.20. The minimum atomic E-state index is -3.86. The van der Waals surface area contributed by atoms with Crippen molar-refractivity contribution in [3.63, 3.8) is 0 Å². The molecule has 0 aliphatic carbocycles. The molecule has 1 aromatic carbocycles. The average molecular weight is 274 g/mol. The molecule has 0 amide bonds. The van der Waals surface area contributed by atoms with E-state index in [0.717, 1.165) is 6.08 Å². The smallest absolute Gasteiger partial charge is 0.427 e. The number of carbonyl (C=O) groups is 1. The van der Waals surface area contributed by atoms with Crippen LogP contribution < -0.4 is 4.74 Å². The maximum Gasteiger partial charge on any atom is 0.427 e. The van der Waals surface area contributed by atoms with Crippen molar-refractivity contribution in [2.24, 2.45) is 0 Å². The molecule has 0 aliphatic heterocycles. The van der Waals surface area contributed by atoms with Gasteiger partial charge in [0.15, 0.2) is 6.67 Å². The van der Waals surface area contributed by atoms with E-state index in [1.807, 2.05) is 0 Å². The molecule has 0 atom stereocenters. The summed E-state index contributed by atoms with van der Waals surface area (Å²) < 4.78 is 46.2. The van der Waals surface area contributed by atoms with E-state index in [4.69, 9.17) is 0 Å². The topological polar surface area (TPSA) is 35.5 Å². The summed E-state index contributed by atoms with van der Waals surface area (Å²) in [6.07, 6.45) is -1.31. The molecule has 0 spiro atoms. The van der Waals surface area contributed by atoms with Gasteiger partial charge in [-0.25, -0.2) is 9.18 Å². The Kier molecular flexibility index (Phi) is 5.41. The molecule has 104 valence electrons. The Morgan fingerprint density at radius 2 is 2.16 bits per heavy atom. The number of rotatable bonds is 6. The average Bonchev–Trinajstić information content (AvgIpc) is 2.37. The van der Waals surface area contributed by atoms with Gasteiger partial charge in [-0.15, -0.1) is 0 Å². The van der Waals surface area contributed by atoms with Crippen LogP contribution in [0.5, 0.6) is 5.75 Å². The fourth-order valence-electron chi connectivity index (χ4n) is 1.24. The molecule has 0 aliphatic rings. The summed E-state index contributed by atoms with van der Waals surface area (Å²) in [6, 6.07) is 5.56. The summed E-state index contributed by atoms with van der Waals surface area (Å²) in [5, 5.41) is 0. The molecule has 0 unspecified atom stereocenters. The predicted molar refractivity (Wildman–Crippen MR) is 63.7 cm³/mol. The molecule has 0 bridgehead atoms. The van der Waals surface area contributed by atoms with Gasteiger partial charge in [0.2, 0.25) is 0 Å².